The van der Waals surface area contributed by atoms with Crippen LogP contribution in [-0.4, -0.2) is 0 Å². The quantitative estimate of drug-likeness (QED) is 0.328. The van der Waals surface area contributed by atoms with Crippen LogP contribution in [0.3, 0.4) is 0 Å². The van der Waals surface area contributed by atoms with Crippen molar-refractivity contribution in [2.24, 2.45) is 23.7 Å². The van der Waals surface area contributed by atoms with E-state index in [1.54, 1.807) is 0 Å². The Hall–Kier alpha value is 0. The molecule has 0 nitrogen and oxygen atoms in total. The minimum Gasteiger partial charge on any atom is -0.0651 e. The van der Waals surface area contributed by atoms with Crippen molar-refractivity contribution in [3.63, 3.8) is 0 Å². The third-order valence-electron chi connectivity index (χ3n) is 4.96. The summed E-state index contributed by atoms with van der Waals surface area (Å²) < 4.78 is 0. The molecule has 0 saturated heterocycles. The van der Waals surface area contributed by atoms with Gasteiger partial charge < -0.3 is 0 Å². The van der Waals surface area contributed by atoms with Gasteiger partial charge in [0, 0.05) is 0 Å². The molecule has 0 amide bonds. The number of rotatable bonds is 13. The van der Waals surface area contributed by atoms with E-state index < -0.39 is 0 Å². The third-order valence-corrected chi connectivity index (χ3v) is 4.96. The maximum absolute atomic E-state index is 2.46. The van der Waals surface area contributed by atoms with Crippen LogP contribution in [0.4, 0.5) is 0 Å². The molecule has 0 rings (SSSR count). The van der Waals surface area contributed by atoms with E-state index >= 15 is 0 Å². The van der Waals surface area contributed by atoms with Crippen molar-refractivity contribution in [2.75, 3.05) is 0 Å². The summed E-state index contributed by atoms with van der Waals surface area (Å²) in [5.41, 5.74) is 0. The zero-order chi connectivity index (χ0) is 15.4. The largest absolute Gasteiger partial charge is 0.0651 e. The molecular formula is C20H42. The Morgan fingerprint density at radius 1 is 0.500 bits per heavy atom. The second kappa shape index (κ2) is 12.7. The summed E-state index contributed by atoms with van der Waals surface area (Å²) in [7, 11) is 0. The monoisotopic (exact) mass is 282 g/mol. The van der Waals surface area contributed by atoms with E-state index in [4.69, 9.17) is 0 Å². The van der Waals surface area contributed by atoms with Crippen LogP contribution in [0, 0.1) is 23.7 Å². The lowest BCUT2D eigenvalue weighted by Gasteiger charge is -2.15. The van der Waals surface area contributed by atoms with Gasteiger partial charge in [-0.3, -0.25) is 0 Å². The summed E-state index contributed by atoms with van der Waals surface area (Å²) in [4.78, 5) is 0. The van der Waals surface area contributed by atoms with E-state index in [9.17, 15) is 0 Å². The minimum absolute atomic E-state index is 0.882. The summed E-state index contributed by atoms with van der Waals surface area (Å²) in [6.07, 6.45) is 14.3. The molecule has 0 N–H and O–H groups in total. The first-order chi connectivity index (χ1) is 9.45. The maximum Gasteiger partial charge on any atom is -0.0443 e. The van der Waals surface area contributed by atoms with Crippen LogP contribution in [0.1, 0.15) is 106 Å². The van der Waals surface area contributed by atoms with Gasteiger partial charge in [-0.2, -0.15) is 0 Å². The number of hydrogen-bond acceptors (Lipinski definition) is 0. The van der Waals surface area contributed by atoms with Crippen molar-refractivity contribution in [3.8, 4) is 0 Å². The highest BCUT2D eigenvalue weighted by molar-refractivity contribution is 4.60. The van der Waals surface area contributed by atoms with Crippen molar-refractivity contribution in [2.45, 2.75) is 106 Å². The Bertz CT molecular complexity index is 194. The van der Waals surface area contributed by atoms with Gasteiger partial charge in [-0.25, -0.2) is 0 Å². The van der Waals surface area contributed by atoms with E-state index in [0.29, 0.717) is 0 Å². The van der Waals surface area contributed by atoms with Gasteiger partial charge in [0.2, 0.25) is 0 Å². The van der Waals surface area contributed by atoms with Crippen LogP contribution in [0.2, 0.25) is 0 Å². The van der Waals surface area contributed by atoms with Crippen LogP contribution in [0.15, 0.2) is 0 Å². The molecule has 0 fully saturated rings. The Kier molecular flexibility index (Phi) is 12.7. The highest BCUT2D eigenvalue weighted by Crippen LogP contribution is 2.22. The average Bonchev–Trinajstić information content (AvgIpc) is 2.38. The summed E-state index contributed by atoms with van der Waals surface area (Å²) >= 11 is 0. The van der Waals surface area contributed by atoms with Gasteiger partial charge in [-0.15, -0.1) is 0 Å². The third kappa shape index (κ3) is 13.0. The van der Waals surface area contributed by atoms with Crippen molar-refractivity contribution in [3.05, 3.63) is 0 Å². The predicted molar refractivity (Wildman–Crippen MR) is 94.2 cm³/mol. The van der Waals surface area contributed by atoms with Crippen LogP contribution in [-0.2, 0) is 0 Å². The molecule has 0 spiro atoms. The molecule has 0 unspecified atom stereocenters. The van der Waals surface area contributed by atoms with E-state index in [0.717, 1.165) is 23.7 Å². The smallest absolute Gasteiger partial charge is 0.0443 e. The van der Waals surface area contributed by atoms with Gasteiger partial charge in [0.1, 0.15) is 0 Å². The fourth-order valence-corrected chi connectivity index (χ4v) is 3.00. The van der Waals surface area contributed by atoms with Crippen molar-refractivity contribution < 1.29 is 0 Å². The Balaban J connectivity index is 3.43. The number of hydrogen-bond donors (Lipinski definition) is 0. The molecule has 20 heavy (non-hydrogen) atoms. The summed E-state index contributed by atoms with van der Waals surface area (Å²) in [6, 6.07) is 0. The molecule has 0 bridgehead atoms. The van der Waals surface area contributed by atoms with Gasteiger partial charge in [0.25, 0.3) is 0 Å². The molecule has 0 heterocycles. The molecule has 0 aromatic carbocycles. The summed E-state index contributed by atoms with van der Waals surface area (Å²) in [5.74, 6) is 3.71. The second-order valence-electron chi connectivity index (χ2n) is 7.91. The van der Waals surface area contributed by atoms with E-state index in [-0.39, 0.29) is 0 Å². The molecule has 0 aliphatic carbocycles. The topological polar surface area (TPSA) is 0 Å². The Labute approximate surface area is 130 Å². The predicted octanol–water partition coefficient (Wildman–Crippen LogP) is 7.47. The molecule has 3 atom stereocenters. The first-order valence-electron chi connectivity index (χ1n) is 9.45. The Morgan fingerprint density at radius 3 is 1.20 bits per heavy atom. The highest BCUT2D eigenvalue weighted by atomic mass is 14.1. The molecule has 0 saturated carbocycles. The molecule has 122 valence electrons. The van der Waals surface area contributed by atoms with Crippen LogP contribution in [0.25, 0.3) is 0 Å². The molecule has 0 heteroatoms. The summed E-state index contributed by atoms with van der Waals surface area (Å²) in [5, 5.41) is 0. The molecule has 0 aliphatic heterocycles. The molecule has 0 radical (unpaired) electrons. The van der Waals surface area contributed by atoms with Crippen molar-refractivity contribution >= 4 is 0 Å². The van der Waals surface area contributed by atoms with E-state index in [2.05, 4.69) is 41.5 Å². The van der Waals surface area contributed by atoms with Gasteiger partial charge in [0.15, 0.2) is 0 Å². The lowest BCUT2D eigenvalue weighted by Crippen LogP contribution is -2.01. The maximum atomic E-state index is 2.46. The van der Waals surface area contributed by atoms with Gasteiger partial charge in [0.05, 0.1) is 0 Å². The molecule has 0 aromatic heterocycles. The van der Waals surface area contributed by atoms with Crippen molar-refractivity contribution in [1.82, 2.24) is 0 Å². The standard InChI is InChI=1S/C20H42/c1-7-18(4)12-9-14-20(6)16-10-15-19(5)13-8-11-17(2)3/h17-20H,7-16H2,1-6H3/t18-,19-,20+/m0/s1. The SMILES string of the molecule is CC[C@H](C)CCC[C@@H](C)CCC[C@@H](C)CCCC(C)C. The molecular weight excluding hydrogens is 240 g/mol. The lowest BCUT2D eigenvalue weighted by molar-refractivity contribution is 0.376. The van der Waals surface area contributed by atoms with Crippen LogP contribution in [0.5, 0.6) is 0 Å². The highest BCUT2D eigenvalue weighted by Gasteiger charge is 2.07. The fraction of sp³-hybridized carbons (Fsp3) is 1.00. The van der Waals surface area contributed by atoms with Gasteiger partial charge in [-0.1, -0.05) is 106 Å². The summed E-state index contributed by atoms with van der Waals surface area (Å²) in [6.45, 7) is 14.3. The van der Waals surface area contributed by atoms with Crippen molar-refractivity contribution in [1.29, 1.82) is 0 Å². The second-order valence-corrected chi connectivity index (χ2v) is 7.91. The first-order valence-corrected chi connectivity index (χ1v) is 9.45. The van der Waals surface area contributed by atoms with E-state index in [1.807, 2.05) is 0 Å². The Morgan fingerprint density at radius 2 is 0.850 bits per heavy atom. The van der Waals surface area contributed by atoms with Crippen LogP contribution >= 0.6 is 0 Å². The zero-order valence-corrected chi connectivity index (χ0v) is 15.4. The average molecular weight is 283 g/mol. The van der Waals surface area contributed by atoms with Gasteiger partial charge >= 0.3 is 0 Å². The minimum atomic E-state index is 0.882. The van der Waals surface area contributed by atoms with Gasteiger partial charge in [-0.05, 0) is 23.7 Å². The van der Waals surface area contributed by atoms with Crippen LogP contribution < -0.4 is 0 Å². The molecule has 0 aromatic rings. The lowest BCUT2D eigenvalue weighted by atomic mass is 9.91. The first kappa shape index (κ1) is 20.0. The fourth-order valence-electron chi connectivity index (χ4n) is 3.00. The normalized spacial score (nSPS) is 16.4. The molecule has 0 aliphatic rings. The zero-order valence-electron chi connectivity index (χ0n) is 15.4. The van der Waals surface area contributed by atoms with E-state index in [1.165, 1.54) is 64.2 Å².